The van der Waals surface area contributed by atoms with Crippen LogP contribution in [0.2, 0.25) is 0 Å². The summed E-state index contributed by atoms with van der Waals surface area (Å²) in [5, 5.41) is 11.1. The molecule has 4 rings (SSSR count). The SMILES string of the molecule is O=C(OCC(=O)N1CC=C(c2ccccc2)CC1)[C@H](Cc1ccccc1)n1cnnn1. The lowest BCUT2D eigenvalue weighted by Crippen LogP contribution is -2.38. The van der Waals surface area contributed by atoms with E-state index in [-0.39, 0.29) is 12.5 Å². The molecule has 8 nitrogen and oxygen atoms in total. The van der Waals surface area contributed by atoms with Crippen molar-refractivity contribution in [1.29, 1.82) is 0 Å². The molecule has 1 amide bonds. The molecule has 158 valence electrons. The van der Waals surface area contributed by atoms with Crippen molar-refractivity contribution >= 4 is 17.4 Å². The minimum absolute atomic E-state index is 0.216. The highest BCUT2D eigenvalue weighted by molar-refractivity contribution is 5.83. The maximum absolute atomic E-state index is 12.7. The number of carbonyl (C=O) groups excluding carboxylic acids is 2. The number of hydrogen-bond acceptors (Lipinski definition) is 6. The summed E-state index contributed by atoms with van der Waals surface area (Å²) in [6, 6.07) is 18.9. The molecule has 31 heavy (non-hydrogen) atoms. The number of ether oxygens (including phenoxy) is 1. The lowest BCUT2D eigenvalue weighted by molar-refractivity contribution is -0.155. The van der Waals surface area contributed by atoms with Gasteiger partial charge in [-0.05, 0) is 33.5 Å². The van der Waals surface area contributed by atoms with Crippen LogP contribution in [0.15, 0.2) is 73.1 Å². The van der Waals surface area contributed by atoms with Crippen LogP contribution in [0.5, 0.6) is 0 Å². The van der Waals surface area contributed by atoms with Gasteiger partial charge < -0.3 is 9.64 Å². The van der Waals surface area contributed by atoms with Crippen LogP contribution in [0, 0.1) is 0 Å². The summed E-state index contributed by atoms with van der Waals surface area (Å²) in [6.45, 7) is 0.791. The van der Waals surface area contributed by atoms with E-state index in [0.29, 0.717) is 19.5 Å². The molecule has 1 aromatic heterocycles. The quantitative estimate of drug-likeness (QED) is 0.548. The van der Waals surface area contributed by atoms with E-state index >= 15 is 0 Å². The molecule has 0 spiro atoms. The number of benzene rings is 2. The van der Waals surface area contributed by atoms with Gasteiger partial charge >= 0.3 is 5.97 Å². The van der Waals surface area contributed by atoms with Crippen LogP contribution in [0.1, 0.15) is 23.6 Å². The standard InChI is InChI=1S/C23H23N5O3/c29-22(27-13-11-20(12-14-27)19-9-5-2-6-10-19)16-31-23(30)21(28-17-24-25-26-28)15-18-7-3-1-4-8-18/h1-11,17,21H,12-16H2/t21-/m0/s1. The van der Waals surface area contributed by atoms with Crippen LogP contribution in [-0.4, -0.2) is 56.7 Å². The highest BCUT2D eigenvalue weighted by Crippen LogP contribution is 2.22. The molecule has 0 radical (unpaired) electrons. The zero-order valence-corrected chi connectivity index (χ0v) is 17.0. The van der Waals surface area contributed by atoms with Gasteiger partial charge in [-0.2, -0.15) is 0 Å². The summed E-state index contributed by atoms with van der Waals surface area (Å²) in [6.07, 6.45) is 4.56. The van der Waals surface area contributed by atoms with Crippen molar-refractivity contribution in [1.82, 2.24) is 25.1 Å². The Morgan fingerprint density at radius 1 is 1.03 bits per heavy atom. The summed E-state index contributed by atoms with van der Waals surface area (Å²) >= 11 is 0. The molecule has 0 N–H and O–H groups in total. The number of hydrogen-bond donors (Lipinski definition) is 0. The maximum atomic E-state index is 12.7. The zero-order chi connectivity index (χ0) is 21.5. The van der Waals surface area contributed by atoms with E-state index < -0.39 is 12.0 Å². The number of amides is 1. The number of tetrazole rings is 1. The minimum Gasteiger partial charge on any atom is -0.454 e. The Hall–Kier alpha value is -3.81. The lowest BCUT2D eigenvalue weighted by atomic mass is 10.00. The third kappa shape index (κ3) is 5.22. The van der Waals surface area contributed by atoms with E-state index in [1.807, 2.05) is 48.5 Å². The fraction of sp³-hybridized carbons (Fsp3) is 0.261. The van der Waals surface area contributed by atoms with Crippen molar-refractivity contribution in [3.63, 3.8) is 0 Å². The molecule has 1 aliphatic heterocycles. The van der Waals surface area contributed by atoms with Gasteiger partial charge in [0.15, 0.2) is 12.6 Å². The minimum atomic E-state index is -0.740. The third-order valence-electron chi connectivity index (χ3n) is 5.27. The first-order valence-electron chi connectivity index (χ1n) is 10.2. The molecule has 0 saturated carbocycles. The largest absolute Gasteiger partial charge is 0.454 e. The molecule has 0 fully saturated rings. The topological polar surface area (TPSA) is 90.2 Å². The van der Waals surface area contributed by atoms with Crippen LogP contribution >= 0.6 is 0 Å². The molecule has 0 saturated heterocycles. The van der Waals surface area contributed by atoms with Crippen molar-refractivity contribution in [2.75, 3.05) is 19.7 Å². The number of nitrogens with zero attached hydrogens (tertiary/aromatic N) is 5. The number of rotatable bonds is 7. The molecule has 1 atom stereocenters. The highest BCUT2D eigenvalue weighted by atomic mass is 16.5. The van der Waals surface area contributed by atoms with Crippen LogP contribution in [-0.2, 0) is 20.7 Å². The Kier molecular flexibility index (Phi) is 6.47. The second kappa shape index (κ2) is 9.80. The highest BCUT2D eigenvalue weighted by Gasteiger charge is 2.26. The van der Waals surface area contributed by atoms with Gasteiger partial charge in [-0.1, -0.05) is 66.7 Å². The molecule has 0 aliphatic carbocycles. The van der Waals surface area contributed by atoms with Crippen LogP contribution in [0.3, 0.4) is 0 Å². The fourth-order valence-electron chi connectivity index (χ4n) is 3.56. The molecular formula is C23H23N5O3. The molecule has 1 aliphatic rings. The first-order valence-corrected chi connectivity index (χ1v) is 10.2. The predicted molar refractivity (Wildman–Crippen MR) is 114 cm³/mol. The molecular weight excluding hydrogens is 394 g/mol. The predicted octanol–water partition coefficient (Wildman–Crippen LogP) is 2.32. The lowest BCUT2D eigenvalue weighted by Gasteiger charge is -2.27. The van der Waals surface area contributed by atoms with Gasteiger partial charge in [0.05, 0.1) is 0 Å². The van der Waals surface area contributed by atoms with Gasteiger partial charge in [0, 0.05) is 19.5 Å². The van der Waals surface area contributed by atoms with Crippen LogP contribution in [0.25, 0.3) is 5.57 Å². The van der Waals surface area contributed by atoms with Crippen molar-refractivity contribution < 1.29 is 14.3 Å². The number of esters is 1. The Labute approximate surface area is 180 Å². The summed E-state index contributed by atoms with van der Waals surface area (Å²) < 4.78 is 6.72. The summed E-state index contributed by atoms with van der Waals surface area (Å²) in [7, 11) is 0. The Morgan fingerprint density at radius 2 is 1.77 bits per heavy atom. The van der Waals surface area contributed by atoms with E-state index in [1.165, 1.54) is 22.1 Å². The van der Waals surface area contributed by atoms with Gasteiger partial charge in [-0.25, -0.2) is 9.48 Å². The number of carbonyl (C=O) groups is 2. The number of aromatic nitrogens is 4. The molecule has 2 heterocycles. The first kappa shape index (κ1) is 20.5. The van der Waals surface area contributed by atoms with Crippen molar-refractivity contribution in [2.45, 2.75) is 18.9 Å². The van der Waals surface area contributed by atoms with Gasteiger partial charge in [0.25, 0.3) is 5.91 Å². The smallest absolute Gasteiger partial charge is 0.331 e. The van der Waals surface area contributed by atoms with E-state index in [1.54, 1.807) is 4.90 Å². The average Bonchev–Trinajstić information content (AvgIpc) is 3.37. The molecule has 0 bridgehead atoms. The van der Waals surface area contributed by atoms with Crippen molar-refractivity contribution in [3.8, 4) is 0 Å². The Balaban J connectivity index is 1.34. The molecule has 3 aromatic rings. The monoisotopic (exact) mass is 417 g/mol. The maximum Gasteiger partial charge on any atom is 0.331 e. The van der Waals surface area contributed by atoms with E-state index in [9.17, 15) is 9.59 Å². The van der Waals surface area contributed by atoms with Crippen LogP contribution in [0.4, 0.5) is 0 Å². The van der Waals surface area contributed by atoms with E-state index in [0.717, 1.165) is 12.0 Å². The fourth-order valence-corrected chi connectivity index (χ4v) is 3.56. The Morgan fingerprint density at radius 3 is 2.42 bits per heavy atom. The first-order chi connectivity index (χ1) is 15.2. The Bertz CT molecular complexity index is 1040. The van der Waals surface area contributed by atoms with Gasteiger partial charge in [-0.15, -0.1) is 5.10 Å². The van der Waals surface area contributed by atoms with Gasteiger partial charge in [0.1, 0.15) is 6.33 Å². The van der Waals surface area contributed by atoms with Gasteiger partial charge in [0.2, 0.25) is 0 Å². The normalized spacial score (nSPS) is 14.6. The molecule has 0 unspecified atom stereocenters. The molecule has 8 heteroatoms. The molecule has 2 aromatic carbocycles. The average molecular weight is 417 g/mol. The second-order valence-corrected chi connectivity index (χ2v) is 7.29. The van der Waals surface area contributed by atoms with E-state index in [4.69, 9.17) is 4.74 Å². The second-order valence-electron chi connectivity index (χ2n) is 7.29. The summed E-state index contributed by atoms with van der Waals surface area (Å²) in [5.74, 6) is -0.756. The summed E-state index contributed by atoms with van der Waals surface area (Å²) in [5.41, 5.74) is 3.34. The third-order valence-corrected chi connectivity index (χ3v) is 5.27. The van der Waals surface area contributed by atoms with Crippen LogP contribution < -0.4 is 0 Å². The zero-order valence-electron chi connectivity index (χ0n) is 17.0. The van der Waals surface area contributed by atoms with Gasteiger partial charge in [-0.3, -0.25) is 4.79 Å². The van der Waals surface area contributed by atoms with Crippen molar-refractivity contribution in [2.24, 2.45) is 0 Å². The summed E-state index contributed by atoms with van der Waals surface area (Å²) in [4.78, 5) is 27.0. The van der Waals surface area contributed by atoms with E-state index in [2.05, 4.69) is 33.7 Å². The van der Waals surface area contributed by atoms with Crippen molar-refractivity contribution in [3.05, 3.63) is 84.2 Å².